The van der Waals surface area contributed by atoms with Gasteiger partial charge in [0.15, 0.2) is 28.7 Å². The summed E-state index contributed by atoms with van der Waals surface area (Å²) in [5.74, 6) is 3.78. The summed E-state index contributed by atoms with van der Waals surface area (Å²) in [5, 5.41) is 0.0402. The number of benzene rings is 2. The Morgan fingerprint density at radius 3 is 1.64 bits per heavy atom. The zero-order valence-corrected chi connectivity index (χ0v) is 25.1. The predicted molar refractivity (Wildman–Crippen MR) is 151 cm³/mol. The molecule has 0 aliphatic heterocycles. The van der Waals surface area contributed by atoms with Gasteiger partial charge in [-0.25, -0.2) is 0 Å². The Labute approximate surface area is 218 Å². The van der Waals surface area contributed by atoms with Crippen molar-refractivity contribution in [2.24, 2.45) is 0 Å². The maximum Gasteiger partial charge on any atom is 0.250 e. The fraction of sp³-hybridized carbons (Fsp3) is 0.517. The Hall–Kier alpha value is -2.80. The van der Waals surface area contributed by atoms with Crippen LogP contribution in [0.1, 0.15) is 59.6 Å². The van der Waals surface area contributed by atoms with Crippen molar-refractivity contribution in [3.63, 3.8) is 0 Å². The molecule has 0 unspecified atom stereocenters. The van der Waals surface area contributed by atoms with Gasteiger partial charge in [-0.3, -0.25) is 0 Å². The molecule has 6 nitrogen and oxygen atoms in total. The van der Waals surface area contributed by atoms with Crippen molar-refractivity contribution in [1.82, 2.24) is 0 Å². The molecule has 0 bridgehead atoms. The average molecular weight is 517 g/mol. The van der Waals surface area contributed by atoms with E-state index in [4.69, 9.17) is 28.1 Å². The Kier molecular flexibility index (Phi) is 9.77. The largest absolute Gasteiger partial charge is 0.539 e. The molecule has 0 spiro atoms. The minimum Gasteiger partial charge on any atom is -0.539 e. The maximum absolute atomic E-state index is 6.58. The first-order valence-corrected chi connectivity index (χ1v) is 15.3. The lowest BCUT2D eigenvalue weighted by Crippen LogP contribution is -2.44. The van der Waals surface area contributed by atoms with Crippen molar-refractivity contribution >= 4 is 20.5 Å². The second-order valence-electron chi connectivity index (χ2n) is 10.8. The molecule has 0 atom stereocenters. The highest BCUT2D eigenvalue weighted by Crippen LogP contribution is 2.46. The third kappa shape index (κ3) is 7.12. The van der Waals surface area contributed by atoms with Crippen LogP contribution in [0.5, 0.6) is 34.5 Å². The van der Waals surface area contributed by atoms with Gasteiger partial charge < -0.3 is 28.1 Å². The average Bonchev–Trinajstić information content (AvgIpc) is 2.78. The summed E-state index contributed by atoms with van der Waals surface area (Å²) < 4.78 is 35.9. The normalized spacial score (nSPS) is 12.3. The number of hydrogen-bond donors (Lipinski definition) is 0. The molecule has 0 fully saturated rings. The Morgan fingerprint density at radius 2 is 1.19 bits per heavy atom. The first-order valence-electron chi connectivity index (χ1n) is 12.4. The molecular weight excluding hydrogens is 472 g/mol. The van der Waals surface area contributed by atoms with Gasteiger partial charge in [0.1, 0.15) is 0 Å². The van der Waals surface area contributed by atoms with Gasteiger partial charge in [-0.05, 0) is 75.7 Å². The van der Waals surface area contributed by atoms with Crippen molar-refractivity contribution in [2.45, 2.75) is 78.8 Å². The van der Waals surface area contributed by atoms with Gasteiger partial charge in [0, 0.05) is 5.56 Å². The molecule has 2 rings (SSSR count). The molecule has 0 saturated carbocycles. The summed E-state index contributed by atoms with van der Waals surface area (Å²) in [6, 6.07) is 7.77. The monoisotopic (exact) mass is 516 g/mol. The molecule has 0 heterocycles. The van der Waals surface area contributed by atoms with Crippen molar-refractivity contribution in [1.29, 1.82) is 0 Å². The number of ether oxygens (including phenoxy) is 5. The molecule has 2 aromatic carbocycles. The van der Waals surface area contributed by atoms with Crippen molar-refractivity contribution < 1.29 is 28.1 Å². The summed E-state index contributed by atoms with van der Waals surface area (Å²) >= 11 is 0. The molecule has 0 aromatic heterocycles. The molecule has 200 valence electrons. The van der Waals surface area contributed by atoms with Crippen LogP contribution in [0.15, 0.2) is 24.3 Å². The molecule has 0 amide bonds. The van der Waals surface area contributed by atoms with Gasteiger partial charge in [-0.2, -0.15) is 0 Å². The number of methoxy groups -OCH3 is 3. The van der Waals surface area contributed by atoms with Crippen LogP contribution in [-0.4, -0.2) is 41.9 Å². The minimum absolute atomic E-state index is 0.0328. The Bertz CT molecular complexity index is 1030. The van der Waals surface area contributed by atoms with Gasteiger partial charge in [0.05, 0.1) is 33.5 Å². The summed E-state index contributed by atoms with van der Waals surface area (Å²) in [5.41, 5.74) is 1.78. The summed E-state index contributed by atoms with van der Waals surface area (Å²) in [6.45, 7) is 19.0. The Balaban J connectivity index is 2.57. The first kappa shape index (κ1) is 29.4. The third-order valence-corrected chi connectivity index (χ3v) is 10.5. The summed E-state index contributed by atoms with van der Waals surface area (Å²) in [7, 11) is 2.82. The molecular formula is C29H44O6Si. The van der Waals surface area contributed by atoms with E-state index in [1.165, 1.54) is 0 Å². The lowest BCUT2D eigenvalue weighted by atomic mass is 10.1. The van der Waals surface area contributed by atoms with E-state index in [-0.39, 0.29) is 17.2 Å². The van der Waals surface area contributed by atoms with E-state index in [2.05, 4.69) is 33.9 Å². The van der Waals surface area contributed by atoms with Crippen LogP contribution >= 0.6 is 0 Å². The van der Waals surface area contributed by atoms with Crippen LogP contribution in [0.25, 0.3) is 12.2 Å². The fourth-order valence-electron chi connectivity index (χ4n) is 3.25. The lowest BCUT2D eigenvalue weighted by Gasteiger charge is -2.37. The molecule has 0 radical (unpaired) electrons. The van der Waals surface area contributed by atoms with E-state index in [1.54, 1.807) is 21.3 Å². The van der Waals surface area contributed by atoms with Crippen LogP contribution in [0.2, 0.25) is 18.1 Å². The highest BCUT2D eigenvalue weighted by Gasteiger charge is 2.40. The summed E-state index contributed by atoms with van der Waals surface area (Å²) in [4.78, 5) is 0. The second-order valence-corrected chi connectivity index (χ2v) is 15.5. The van der Waals surface area contributed by atoms with Gasteiger partial charge >= 0.3 is 0 Å². The van der Waals surface area contributed by atoms with Crippen molar-refractivity contribution in [3.8, 4) is 34.5 Å². The van der Waals surface area contributed by atoms with Gasteiger partial charge in [-0.1, -0.05) is 32.9 Å². The zero-order valence-electron chi connectivity index (χ0n) is 24.1. The van der Waals surface area contributed by atoms with E-state index >= 15 is 0 Å². The van der Waals surface area contributed by atoms with Crippen LogP contribution in [0.4, 0.5) is 0 Å². The molecule has 36 heavy (non-hydrogen) atoms. The van der Waals surface area contributed by atoms with E-state index in [0.717, 1.165) is 11.1 Å². The van der Waals surface area contributed by atoms with Crippen LogP contribution < -0.4 is 28.1 Å². The number of rotatable bonds is 11. The molecule has 0 aliphatic carbocycles. The van der Waals surface area contributed by atoms with Crippen molar-refractivity contribution in [3.05, 3.63) is 35.4 Å². The van der Waals surface area contributed by atoms with Gasteiger partial charge in [0.25, 0.3) is 8.32 Å². The fourth-order valence-corrected chi connectivity index (χ4v) is 4.27. The highest BCUT2D eigenvalue weighted by molar-refractivity contribution is 6.74. The Morgan fingerprint density at radius 1 is 0.694 bits per heavy atom. The molecule has 0 N–H and O–H groups in total. The predicted octanol–water partition coefficient (Wildman–Crippen LogP) is 7.84. The highest BCUT2D eigenvalue weighted by atomic mass is 28.4. The third-order valence-electron chi connectivity index (χ3n) is 6.14. The maximum atomic E-state index is 6.58. The zero-order chi connectivity index (χ0) is 27.3. The summed E-state index contributed by atoms with van der Waals surface area (Å²) in [6.07, 6.45) is 3.92. The SMILES string of the molecule is COc1cc(/C=C/c2ccc(OC)c(OC(C)C)c2OC(C)C)cc(OC)c1O[Si](C)(C)C(C)(C)C. The molecule has 0 aliphatic rings. The van der Waals surface area contributed by atoms with Crippen LogP contribution in [0, 0.1) is 0 Å². The minimum atomic E-state index is -2.10. The quantitative estimate of drug-likeness (QED) is 0.224. The van der Waals surface area contributed by atoms with Gasteiger partial charge in [-0.15, -0.1) is 0 Å². The smallest absolute Gasteiger partial charge is 0.250 e. The van der Waals surface area contributed by atoms with E-state index in [0.29, 0.717) is 34.5 Å². The lowest BCUT2D eigenvalue weighted by molar-refractivity contribution is 0.191. The van der Waals surface area contributed by atoms with Crippen LogP contribution in [0.3, 0.4) is 0 Å². The molecule has 2 aromatic rings. The number of hydrogen-bond acceptors (Lipinski definition) is 6. The van der Waals surface area contributed by atoms with Crippen LogP contribution in [-0.2, 0) is 0 Å². The van der Waals surface area contributed by atoms with E-state index < -0.39 is 8.32 Å². The standard InChI is InChI=1S/C29H44O6Si/c1-19(2)33-26-22(15-16-23(30-8)28(26)34-20(3)4)14-13-21-17-24(31-9)27(25(18-21)32-10)35-36(11,12)29(5,6)7/h13-20H,1-12H3/b14-13+. The second kappa shape index (κ2) is 12.0. The first-order chi connectivity index (χ1) is 16.7. The van der Waals surface area contributed by atoms with Gasteiger partial charge in [0.2, 0.25) is 5.75 Å². The molecule has 0 saturated heterocycles. The van der Waals surface area contributed by atoms with E-state index in [9.17, 15) is 0 Å². The topological polar surface area (TPSA) is 55.4 Å². The van der Waals surface area contributed by atoms with E-state index in [1.807, 2.05) is 64.1 Å². The van der Waals surface area contributed by atoms with Crippen molar-refractivity contribution in [2.75, 3.05) is 21.3 Å². The molecule has 7 heteroatoms.